The molecule has 2 unspecified atom stereocenters. The van der Waals surface area contributed by atoms with Gasteiger partial charge in [0.25, 0.3) is 0 Å². The lowest BCUT2D eigenvalue weighted by atomic mass is 10.0. The Balaban J connectivity index is 1.94. The van der Waals surface area contributed by atoms with Gasteiger partial charge in [0.2, 0.25) is 5.78 Å². The molecule has 19 heavy (non-hydrogen) atoms. The van der Waals surface area contributed by atoms with Gasteiger partial charge in [-0.05, 0) is 6.92 Å². The van der Waals surface area contributed by atoms with Crippen molar-refractivity contribution < 1.29 is 4.79 Å². The minimum Gasteiger partial charge on any atom is -0.345 e. The number of benzene rings is 1. The quantitative estimate of drug-likeness (QED) is 0.774. The molecule has 1 aliphatic heterocycles. The molecule has 0 aromatic heterocycles. The number of aliphatic imine (C=N–C) groups is 1. The van der Waals surface area contributed by atoms with Crippen LogP contribution >= 0.6 is 0 Å². The number of nitrogens with zero attached hydrogens (tertiary/aromatic N) is 2. The molecule has 1 heterocycles. The highest BCUT2D eigenvalue weighted by molar-refractivity contribution is 6.45. The Hall–Kier alpha value is -2.16. The van der Waals surface area contributed by atoms with Crippen LogP contribution in [0.4, 0.5) is 0 Å². The molecule has 2 atom stereocenters. The summed E-state index contributed by atoms with van der Waals surface area (Å²) < 4.78 is 0. The average Bonchev–Trinajstić information content (AvgIpc) is 2.85. The van der Waals surface area contributed by atoms with E-state index in [4.69, 9.17) is 0 Å². The lowest BCUT2D eigenvalue weighted by Crippen LogP contribution is -2.41. The molecule has 0 radical (unpaired) electrons. The van der Waals surface area contributed by atoms with Crippen molar-refractivity contribution in [2.75, 3.05) is 6.54 Å². The van der Waals surface area contributed by atoms with Crippen LogP contribution in [0.3, 0.4) is 0 Å². The van der Waals surface area contributed by atoms with E-state index in [0.717, 1.165) is 6.54 Å². The summed E-state index contributed by atoms with van der Waals surface area (Å²) in [6.45, 7) is 2.85. The first-order chi connectivity index (χ1) is 9.31. The molecule has 0 saturated carbocycles. The highest BCUT2D eigenvalue weighted by Crippen LogP contribution is 2.24. The standard InChI is InChI=1S/C16H16N2O/c1-2-18-14-11-7-6-10-13(14)17-16(18)15(19)12-8-4-3-5-9-12/h3-11,13-14H,2H2,1H3. The first kappa shape index (κ1) is 11.9. The highest BCUT2D eigenvalue weighted by Gasteiger charge is 2.36. The molecule has 96 valence electrons. The van der Waals surface area contributed by atoms with E-state index in [2.05, 4.69) is 29.0 Å². The molecule has 0 spiro atoms. The van der Waals surface area contributed by atoms with Gasteiger partial charge in [-0.2, -0.15) is 0 Å². The van der Waals surface area contributed by atoms with Crippen molar-refractivity contribution in [2.24, 2.45) is 4.99 Å². The van der Waals surface area contributed by atoms with Crippen molar-refractivity contribution in [3.05, 3.63) is 60.2 Å². The predicted octanol–water partition coefficient (Wildman–Crippen LogP) is 2.47. The number of hydrogen-bond donors (Lipinski definition) is 0. The van der Waals surface area contributed by atoms with Gasteiger partial charge < -0.3 is 4.90 Å². The minimum atomic E-state index is 0.0126. The molecule has 1 aliphatic carbocycles. The molecule has 3 heteroatoms. The Labute approximate surface area is 113 Å². The van der Waals surface area contributed by atoms with E-state index >= 15 is 0 Å². The zero-order valence-corrected chi connectivity index (χ0v) is 10.9. The summed E-state index contributed by atoms with van der Waals surface area (Å²) in [5.74, 6) is 0.596. The first-order valence-electron chi connectivity index (χ1n) is 6.60. The van der Waals surface area contributed by atoms with E-state index in [9.17, 15) is 4.79 Å². The van der Waals surface area contributed by atoms with Crippen LogP contribution in [0.15, 0.2) is 59.6 Å². The molecular weight excluding hydrogens is 236 g/mol. The monoisotopic (exact) mass is 252 g/mol. The lowest BCUT2D eigenvalue weighted by molar-refractivity contribution is 0.105. The van der Waals surface area contributed by atoms with Gasteiger partial charge in [-0.25, -0.2) is 0 Å². The zero-order chi connectivity index (χ0) is 13.2. The number of carbonyl (C=O) groups is 1. The van der Waals surface area contributed by atoms with Crippen LogP contribution in [-0.2, 0) is 0 Å². The van der Waals surface area contributed by atoms with Gasteiger partial charge >= 0.3 is 0 Å². The third kappa shape index (κ3) is 2.01. The molecule has 0 amide bonds. The van der Waals surface area contributed by atoms with Crippen LogP contribution in [0, 0.1) is 0 Å². The first-order valence-corrected chi connectivity index (χ1v) is 6.60. The fraction of sp³-hybridized carbons (Fsp3) is 0.250. The van der Waals surface area contributed by atoms with Gasteiger partial charge in [-0.15, -0.1) is 0 Å². The molecule has 2 aliphatic rings. The molecule has 3 nitrogen and oxygen atoms in total. The van der Waals surface area contributed by atoms with Crippen molar-refractivity contribution in [1.29, 1.82) is 0 Å². The fourth-order valence-corrected chi connectivity index (χ4v) is 2.62. The molecule has 0 saturated heterocycles. The Bertz CT molecular complexity index is 572. The normalized spacial score (nSPS) is 24.3. The van der Waals surface area contributed by atoms with E-state index in [1.807, 2.05) is 42.5 Å². The number of rotatable bonds is 3. The van der Waals surface area contributed by atoms with Gasteiger partial charge in [0.15, 0.2) is 5.84 Å². The van der Waals surface area contributed by atoms with Crippen molar-refractivity contribution in [3.8, 4) is 0 Å². The maximum absolute atomic E-state index is 12.5. The molecule has 3 rings (SSSR count). The van der Waals surface area contributed by atoms with Gasteiger partial charge in [-0.1, -0.05) is 54.6 Å². The average molecular weight is 252 g/mol. The number of allylic oxidation sites excluding steroid dienone is 2. The topological polar surface area (TPSA) is 32.7 Å². The van der Waals surface area contributed by atoms with Gasteiger partial charge in [0.1, 0.15) is 0 Å². The van der Waals surface area contributed by atoms with E-state index in [0.29, 0.717) is 11.4 Å². The SMILES string of the molecule is CCN1C(C(=O)c2ccccc2)=NC2C=CC=CC21. The van der Waals surface area contributed by atoms with Crippen molar-refractivity contribution >= 4 is 11.6 Å². The number of carbonyl (C=O) groups excluding carboxylic acids is 1. The number of likely N-dealkylation sites (N-methyl/N-ethyl adjacent to an activating group) is 1. The number of hydrogen-bond acceptors (Lipinski definition) is 3. The van der Waals surface area contributed by atoms with E-state index < -0.39 is 0 Å². The van der Waals surface area contributed by atoms with E-state index in [1.165, 1.54) is 0 Å². The second kappa shape index (κ2) is 4.84. The Morgan fingerprint density at radius 2 is 1.95 bits per heavy atom. The molecular formula is C16H16N2O. The van der Waals surface area contributed by atoms with Gasteiger partial charge in [-0.3, -0.25) is 9.79 Å². The maximum atomic E-state index is 12.5. The van der Waals surface area contributed by atoms with Gasteiger partial charge in [0, 0.05) is 12.1 Å². The second-order valence-electron chi connectivity index (χ2n) is 4.68. The Morgan fingerprint density at radius 1 is 1.21 bits per heavy atom. The number of ketones is 1. The van der Waals surface area contributed by atoms with Crippen molar-refractivity contribution in [3.63, 3.8) is 0 Å². The lowest BCUT2D eigenvalue weighted by Gasteiger charge is -2.26. The molecule has 1 aromatic carbocycles. The van der Waals surface area contributed by atoms with E-state index in [1.54, 1.807) is 0 Å². The summed E-state index contributed by atoms with van der Waals surface area (Å²) in [4.78, 5) is 19.2. The predicted molar refractivity (Wildman–Crippen MR) is 76.4 cm³/mol. The largest absolute Gasteiger partial charge is 0.345 e. The highest BCUT2D eigenvalue weighted by atomic mass is 16.1. The van der Waals surface area contributed by atoms with Crippen LogP contribution in [-0.4, -0.2) is 35.1 Å². The van der Waals surface area contributed by atoms with Crippen molar-refractivity contribution in [1.82, 2.24) is 4.90 Å². The van der Waals surface area contributed by atoms with Crippen LogP contribution in [0.1, 0.15) is 17.3 Å². The van der Waals surface area contributed by atoms with Gasteiger partial charge in [0.05, 0.1) is 12.1 Å². The van der Waals surface area contributed by atoms with E-state index in [-0.39, 0.29) is 17.9 Å². The Kier molecular flexibility index (Phi) is 3.03. The van der Waals surface area contributed by atoms with Crippen LogP contribution in [0.5, 0.6) is 0 Å². The fourth-order valence-electron chi connectivity index (χ4n) is 2.62. The summed E-state index contributed by atoms with van der Waals surface area (Å²) >= 11 is 0. The third-order valence-corrected chi connectivity index (χ3v) is 3.56. The summed E-state index contributed by atoms with van der Waals surface area (Å²) in [6, 6.07) is 9.62. The second-order valence-corrected chi connectivity index (χ2v) is 4.68. The molecule has 0 N–H and O–H groups in total. The van der Waals surface area contributed by atoms with Crippen LogP contribution in [0.2, 0.25) is 0 Å². The number of fused-ring (bicyclic) bond motifs is 1. The molecule has 0 bridgehead atoms. The zero-order valence-electron chi connectivity index (χ0n) is 10.9. The summed E-state index contributed by atoms with van der Waals surface area (Å²) in [5.41, 5.74) is 0.700. The number of amidine groups is 1. The molecule has 0 fully saturated rings. The maximum Gasteiger partial charge on any atom is 0.227 e. The summed E-state index contributed by atoms with van der Waals surface area (Å²) in [7, 11) is 0. The van der Waals surface area contributed by atoms with Crippen LogP contribution in [0.25, 0.3) is 0 Å². The summed E-state index contributed by atoms with van der Waals surface area (Å²) in [5, 5.41) is 0. The van der Waals surface area contributed by atoms with Crippen LogP contribution < -0.4 is 0 Å². The minimum absolute atomic E-state index is 0.0126. The third-order valence-electron chi connectivity index (χ3n) is 3.56. The Morgan fingerprint density at radius 3 is 2.68 bits per heavy atom. The summed E-state index contributed by atoms with van der Waals surface area (Å²) in [6.07, 6.45) is 8.19. The smallest absolute Gasteiger partial charge is 0.227 e. The molecule has 1 aromatic rings. The van der Waals surface area contributed by atoms with Crippen molar-refractivity contribution in [2.45, 2.75) is 19.0 Å². The number of Topliss-reactive ketones (excluding diaryl/α,β-unsaturated/α-hetero) is 1.